The van der Waals surface area contributed by atoms with Gasteiger partial charge in [0.1, 0.15) is 34.5 Å². The Balaban J connectivity index is 1.47. The van der Waals surface area contributed by atoms with E-state index in [-0.39, 0.29) is 17.8 Å². The Kier molecular flexibility index (Phi) is 4.79. The first-order valence-corrected chi connectivity index (χ1v) is 9.99. The molecule has 1 atom stereocenters. The van der Waals surface area contributed by atoms with Crippen molar-refractivity contribution >= 4 is 23.1 Å². The summed E-state index contributed by atoms with van der Waals surface area (Å²) in [7, 11) is 0. The maximum absolute atomic E-state index is 13.3. The molecule has 1 unspecified atom stereocenters. The van der Waals surface area contributed by atoms with Crippen molar-refractivity contribution in [1.29, 1.82) is 0 Å². The lowest BCUT2D eigenvalue weighted by Gasteiger charge is -2.08. The number of carbonyl (C=O) groups is 1. The highest BCUT2D eigenvalue weighted by Gasteiger charge is 2.24. The summed E-state index contributed by atoms with van der Waals surface area (Å²) in [6.07, 6.45) is 6.94. The number of rotatable bonds is 4. The number of fused-ring (bicyclic) bond motifs is 1. The Bertz CT molecular complexity index is 1260. The highest BCUT2D eigenvalue weighted by molar-refractivity contribution is 6.04. The number of imidazole rings is 1. The van der Waals surface area contributed by atoms with Crippen LogP contribution in [0.1, 0.15) is 35.1 Å². The van der Waals surface area contributed by atoms with Crippen molar-refractivity contribution in [2.24, 2.45) is 0 Å². The molecule has 4 N–H and O–H groups in total. The van der Waals surface area contributed by atoms with Gasteiger partial charge in [0.05, 0.1) is 6.04 Å². The molecule has 5 rings (SSSR count). The number of amides is 1. The van der Waals surface area contributed by atoms with Gasteiger partial charge in [0.2, 0.25) is 0 Å². The average molecular weight is 417 g/mol. The second kappa shape index (κ2) is 7.77. The molecule has 0 spiro atoms. The summed E-state index contributed by atoms with van der Waals surface area (Å²) in [5.41, 5.74) is 8.89. The van der Waals surface area contributed by atoms with Crippen LogP contribution in [-0.4, -0.2) is 31.8 Å². The van der Waals surface area contributed by atoms with Gasteiger partial charge in [-0.2, -0.15) is 0 Å². The van der Waals surface area contributed by atoms with Crippen LogP contribution in [-0.2, 0) is 0 Å². The topological polar surface area (TPSA) is 110 Å². The molecule has 0 bridgehead atoms. The van der Waals surface area contributed by atoms with Crippen LogP contribution in [0.25, 0.3) is 16.8 Å². The summed E-state index contributed by atoms with van der Waals surface area (Å²) in [5, 5.41) is 6.06. The Morgan fingerprint density at radius 3 is 2.77 bits per heavy atom. The van der Waals surface area contributed by atoms with E-state index >= 15 is 0 Å². The van der Waals surface area contributed by atoms with Crippen LogP contribution in [0.3, 0.4) is 0 Å². The Morgan fingerprint density at radius 2 is 2.03 bits per heavy atom. The number of pyridine rings is 1. The molecule has 9 heteroatoms. The maximum atomic E-state index is 13.3. The summed E-state index contributed by atoms with van der Waals surface area (Å²) in [4.78, 5) is 25.5. The number of nitrogens with two attached hydrogens (primary N) is 1. The summed E-state index contributed by atoms with van der Waals surface area (Å²) in [5.74, 6) is 0.605. The highest BCUT2D eigenvalue weighted by atomic mass is 19.1. The zero-order valence-corrected chi connectivity index (χ0v) is 16.5. The van der Waals surface area contributed by atoms with Crippen molar-refractivity contribution in [3.8, 4) is 11.3 Å². The number of nitrogens with zero attached hydrogens (tertiary/aromatic N) is 4. The second-order valence-electron chi connectivity index (χ2n) is 7.39. The number of anilines is 2. The predicted octanol–water partition coefficient (Wildman–Crippen LogP) is 3.19. The maximum Gasteiger partial charge on any atom is 0.256 e. The molecule has 1 aromatic carbocycles. The van der Waals surface area contributed by atoms with Gasteiger partial charge in [0.15, 0.2) is 0 Å². The second-order valence-corrected chi connectivity index (χ2v) is 7.39. The molecule has 1 fully saturated rings. The van der Waals surface area contributed by atoms with Gasteiger partial charge in [-0.25, -0.2) is 19.3 Å². The van der Waals surface area contributed by atoms with Gasteiger partial charge < -0.3 is 16.4 Å². The Morgan fingerprint density at radius 1 is 1.19 bits per heavy atom. The minimum Gasteiger partial charge on any atom is -0.382 e. The fourth-order valence-electron chi connectivity index (χ4n) is 3.88. The number of halogens is 1. The summed E-state index contributed by atoms with van der Waals surface area (Å²) in [6, 6.07) is 9.55. The van der Waals surface area contributed by atoms with E-state index in [1.54, 1.807) is 18.3 Å². The molecule has 0 aliphatic carbocycles. The average Bonchev–Trinajstić information content (AvgIpc) is 3.42. The van der Waals surface area contributed by atoms with E-state index in [0.717, 1.165) is 42.4 Å². The van der Waals surface area contributed by atoms with Crippen LogP contribution < -0.4 is 16.4 Å². The van der Waals surface area contributed by atoms with Crippen molar-refractivity contribution in [1.82, 2.24) is 24.7 Å². The molecule has 31 heavy (non-hydrogen) atoms. The van der Waals surface area contributed by atoms with Crippen LogP contribution in [0.15, 0.2) is 55.0 Å². The van der Waals surface area contributed by atoms with Crippen LogP contribution in [0.2, 0.25) is 0 Å². The fourth-order valence-corrected chi connectivity index (χ4v) is 3.88. The Hall–Kier alpha value is -3.85. The van der Waals surface area contributed by atoms with Gasteiger partial charge in [-0.15, -0.1) is 0 Å². The van der Waals surface area contributed by atoms with E-state index in [0.29, 0.717) is 17.1 Å². The van der Waals surface area contributed by atoms with Crippen molar-refractivity contribution in [2.75, 3.05) is 17.6 Å². The van der Waals surface area contributed by atoms with Crippen molar-refractivity contribution in [3.63, 3.8) is 0 Å². The van der Waals surface area contributed by atoms with E-state index in [4.69, 9.17) is 10.7 Å². The van der Waals surface area contributed by atoms with Crippen LogP contribution in [0, 0.1) is 5.82 Å². The Labute approximate surface area is 177 Å². The molecule has 1 saturated heterocycles. The molecule has 1 amide bonds. The van der Waals surface area contributed by atoms with Crippen molar-refractivity contribution < 1.29 is 9.18 Å². The predicted molar refractivity (Wildman–Crippen MR) is 115 cm³/mol. The minimum atomic E-state index is -0.467. The number of aromatic nitrogens is 4. The summed E-state index contributed by atoms with van der Waals surface area (Å²) >= 11 is 0. The number of carbonyl (C=O) groups excluding carboxylic acids is 1. The highest BCUT2D eigenvalue weighted by Crippen LogP contribution is 2.32. The van der Waals surface area contributed by atoms with Crippen molar-refractivity contribution in [2.45, 2.75) is 18.9 Å². The van der Waals surface area contributed by atoms with Gasteiger partial charge >= 0.3 is 0 Å². The molecule has 1 aliphatic heterocycles. The zero-order chi connectivity index (χ0) is 21.4. The molecular weight excluding hydrogens is 397 g/mol. The van der Waals surface area contributed by atoms with E-state index < -0.39 is 5.82 Å². The monoisotopic (exact) mass is 417 g/mol. The van der Waals surface area contributed by atoms with Gasteiger partial charge in [-0.05, 0) is 37.6 Å². The number of nitrogen functional groups attached to an aromatic ring is 1. The largest absolute Gasteiger partial charge is 0.382 e. The third kappa shape index (κ3) is 3.59. The standard InChI is InChI=1S/C22H20FN7O/c23-15-7-9-26-17(12-15)28-22(31)14-5-3-13(4-6-14)18-19-20(24)27-10-11-30(19)21(29-18)16-2-1-8-25-16/h3-7,9-12,16,25H,1-2,8H2,(H2,24,27)(H,26,28,31). The molecule has 1 aliphatic rings. The first-order chi connectivity index (χ1) is 15.1. The summed E-state index contributed by atoms with van der Waals surface area (Å²) in [6.45, 7) is 0.958. The normalized spacial score (nSPS) is 16.0. The molecule has 0 radical (unpaired) electrons. The molecule has 4 aromatic rings. The lowest BCUT2D eigenvalue weighted by molar-refractivity contribution is 0.102. The van der Waals surface area contributed by atoms with E-state index in [1.807, 2.05) is 22.7 Å². The van der Waals surface area contributed by atoms with Crippen molar-refractivity contribution in [3.05, 3.63) is 72.2 Å². The lowest BCUT2D eigenvalue weighted by Crippen LogP contribution is -2.16. The van der Waals surface area contributed by atoms with E-state index in [2.05, 4.69) is 20.6 Å². The zero-order valence-electron chi connectivity index (χ0n) is 16.5. The molecule has 4 heterocycles. The minimum absolute atomic E-state index is 0.154. The number of hydrogen-bond donors (Lipinski definition) is 3. The third-order valence-electron chi connectivity index (χ3n) is 5.37. The van der Waals surface area contributed by atoms with Gasteiger partial charge in [0.25, 0.3) is 5.91 Å². The SMILES string of the molecule is Nc1nccn2c(C3CCCN3)nc(-c3ccc(C(=O)Nc4cc(F)ccn4)cc3)c12. The fraction of sp³-hybridized carbons (Fsp3) is 0.182. The van der Waals surface area contributed by atoms with E-state index in [9.17, 15) is 9.18 Å². The molecule has 8 nitrogen and oxygen atoms in total. The van der Waals surface area contributed by atoms with Crippen LogP contribution in [0.5, 0.6) is 0 Å². The van der Waals surface area contributed by atoms with Crippen LogP contribution >= 0.6 is 0 Å². The number of benzene rings is 1. The van der Waals surface area contributed by atoms with E-state index in [1.165, 1.54) is 12.3 Å². The van der Waals surface area contributed by atoms with Crippen LogP contribution in [0.4, 0.5) is 16.0 Å². The number of nitrogens with one attached hydrogen (secondary N) is 2. The quantitative estimate of drug-likeness (QED) is 0.470. The molecular formula is C22H20FN7O. The van der Waals surface area contributed by atoms with Gasteiger partial charge in [0, 0.05) is 35.8 Å². The molecule has 3 aromatic heterocycles. The summed E-state index contributed by atoms with van der Waals surface area (Å²) < 4.78 is 15.3. The van der Waals surface area contributed by atoms with Gasteiger partial charge in [-0.1, -0.05) is 12.1 Å². The first-order valence-electron chi connectivity index (χ1n) is 9.99. The molecule has 156 valence electrons. The lowest BCUT2D eigenvalue weighted by atomic mass is 10.1. The third-order valence-corrected chi connectivity index (χ3v) is 5.37. The smallest absolute Gasteiger partial charge is 0.256 e. The first kappa shape index (κ1) is 19.1. The molecule has 0 saturated carbocycles. The van der Waals surface area contributed by atoms with Gasteiger partial charge in [-0.3, -0.25) is 9.20 Å². The number of hydrogen-bond acceptors (Lipinski definition) is 6.